The van der Waals surface area contributed by atoms with Gasteiger partial charge < -0.3 is 9.64 Å². The molecule has 37 heavy (non-hydrogen) atoms. The maximum atomic E-state index is 12.7. The highest BCUT2D eigenvalue weighted by molar-refractivity contribution is 5.86. The molecule has 0 spiro atoms. The van der Waals surface area contributed by atoms with Crippen LogP contribution in [-0.2, 0) is 17.4 Å². The molecular weight excluding hydrogens is 481 g/mol. The summed E-state index contributed by atoms with van der Waals surface area (Å²) in [6, 6.07) is 15.0. The van der Waals surface area contributed by atoms with E-state index in [-0.39, 0.29) is 18.6 Å². The summed E-state index contributed by atoms with van der Waals surface area (Å²) in [4.78, 5) is 26.6. The van der Waals surface area contributed by atoms with Gasteiger partial charge in [0.15, 0.2) is 0 Å². The smallest absolute Gasteiger partial charge is 0.433 e. The lowest BCUT2D eigenvalue weighted by atomic mass is 9.93. The van der Waals surface area contributed by atoms with Crippen LogP contribution in [0.2, 0.25) is 0 Å². The van der Waals surface area contributed by atoms with E-state index in [0.717, 1.165) is 34.4 Å². The average molecular weight is 505 g/mol. The van der Waals surface area contributed by atoms with Crippen molar-refractivity contribution in [1.82, 2.24) is 15.0 Å². The van der Waals surface area contributed by atoms with E-state index in [4.69, 9.17) is 11.2 Å². The molecule has 0 amide bonds. The van der Waals surface area contributed by atoms with Crippen LogP contribution in [0.15, 0.2) is 67.1 Å². The number of fused-ring (bicyclic) bond motifs is 1. The van der Waals surface area contributed by atoms with Crippen molar-refractivity contribution in [3.05, 3.63) is 83.9 Å². The van der Waals surface area contributed by atoms with E-state index in [2.05, 4.69) is 20.9 Å². The number of ketones is 1. The quantitative estimate of drug-likeness (QED) is 0.282. The van der Waals surface area contributed by atoms with Gasteiger partial charge in [-0.05, 0) is 47.5 Å². The van der Waals surface area contributed by atoms with Crippen molar-refractivity contribution in [3.8, 4) is 24.0 Å². The summed E-state index contributed by atoms with van der Waals surface area (Å²) in [5, 5.41) is 0.769. The van der Waals surface area contributed by atoms with Crippen molar-refractivity contribution >= 4 is 22.4 Å². The Morgan fingerprint density at radius 3 is 2.43 bits per heavy atom. The summed E-state index contributed by atoms with van der Waals surface area (Å²) in [6.07, 6.45) is 3.64. The van der Waals surface area contributed by atoms with Gasteiger partial charge in [-0.2, -0.15) is 13.2 Å². The van der Waals surface area contributed by atoms with E-state index in [1.165, 1.54) is 12.4 Å². The number of nitrogens with zero attached hydrogens (tertiary/aromatic N) is 4. The molecule has 1 unspecified atom stereocenters. The Kier molecular flexibility index (Phi) is 7.39. The first kappa shape index (κ1) is 25.6. The highest BCUT2D eigenvalue weighted by Gasteiger charge is 2.32. The second-order valence-corrected chi connectivity index (χ2v) is 8.63. The molecule has 2 aromatic carbocycles. The first-order chi connectivity index (χ1) is 17.6. The number of pyridine rings is 1. The Labute approximate surface area is 212 Å². The number of rotatable bonds is 8. The van der Waals surface area contributed by atoms with Gasteiger partial charge in [-0.3, -0.25) is 9.78 Å². The third-order valence-corrected chi connectivity index (χ3v) is 5.75. The largest absolute Gasteiger partial charge is 0.438 e. The minimum atomic E-state index is -4.54. The van der Waals surface area contributed by atoms with Crippen LogP contribution >= 0.6 is 0 Å². The Morgan fingerprint density at radius 1 is 1.05 bits per heavy atom. The predicted octanol–water partition coefficient (Wildman–Crippen LogP) is 5.82. The van der Waals surface area contributed by atoms with Gasteiger partial charge in [-0.15, -0.1) is 6.42 Å². The lowest BCUT2D eigenvalue weighted by Crippen LogP contribution is -2.11. The number of Topliss-reactive ketones (excluding diaryl/α,β-unsaturated/α-hetero) is 1. The molecule has 0 fully saturated rings. The normalized spacial score (nSPS) is 12.1. The summed E-state index contributed by atoms with van der Waals surface area (Å²) in [7, 11) is 3.90. The lowest BCUT2D eigenvalue weighted by Gasteiger charge is -2.14. The second-order valence-electron chi connectivity index (χ2n) is 8.63. The van der Waals surface area contributed by atoms with Crippen molar-refractivity contribution in [2.24, 2.45) is 0 Å². The van der Waals surface area contributed by atoms with Crippen LogP contribution in [0.4, 0.5) is 18.9 Å². The van der Waals surface area contributed by atoms with Crippen LogP contribution in [-0.4, -0.2) is 34.8 Å². The molecule has 4 rings (SSSR count). The van der Waals surface area contributed by atoms with Crippen LogP contribution in [0.1, 0.15) is 29.2 Å². The van der Waals surface area contributed by atoms with Crippen LogP contribution < -0.4 is 9.64 Å². The summed E-state index contributed by atoms with van der Waals surface area (Å²) < 4.78 is 44.2. The Morgan fingerprint density at radius 2 is 1.81 bits per heavy atom. The Hall–Kier alpha value is -4.45. The Bertz CT molecular complexity index is 1440. The predicted molar refractivity (Wildman–Crippen MR) is 135 cm³/mol. The molecule has 0 N–H and O–H groups in total. The van der Waals surface area contributed by atoms with Gasteiger partial charge in [0.1, 0.15) is 23.6 Å². The number of hydrogen-bond donors (Lipinski definition) is 0. The van der Waals surface area contributed by atoms with Gasteiger partial charge in [0.05, 0.1) is 16.8 Å². The standard InChI is InChI=1S/C28H23F3N4O2/c1-4-19(20-7-12-26(32-16-20)28(29,30)31)14-22(36)13-18-5-9-23(10-6-18)37-27-24-11-8-21(35(2)3)15-25(24)33-17-34-27/h1,5-12,15-17,19H,13-14H2,2-3H3. The number of aromatic nitrogens is 3. The first-order valence-electron chi connectivity index (χ1n) is 11.3. The topological polar surface area (TPSA) is 68.2 Å². The van der Waals surface area contributed by atoms with Crippen molar-refractivity contribution < 1.29 is 22.7 Å². The van der Waals surface area contributed by atoms with Crippen molar-refractivity contribution in [2.75, 3.05) is 19.0 Å². The number of alkyl halides is 3. The van der Waals surface area contributed by atoms with Crippen LogP contribution in [0.3, 0.4) is 0 Å². The van der Waals surface area contributed by atoms with E-state index in [9.17, 15) is 18.0 Å². The number of anilines is 1. The molecule has 4 aromatic rings. The number of carbonyl (C=O) groups excluding carboxylic acids is 1. The molecule has 0 saturated carbocycles. The number of carbonyl (C=O) groups is 1. The molecule has 2 aromatic heterocycles. The van der Waals surface area contributed by atoms with Gasteiger partial charge in [0.25, 0.3) is 0 Å². The van der Waals surface area contributed by atoms with Gasteiger partial charge in [-0.1, -0.05) is 24.1 Å². The molecule has 1 atom stereocenters. The SMILES string of the molecule is C#CC(CC(=O)Cc1ccc(Oc2ncnc3cc(N(C)C)ccc23)cc1)c1ccc(C(F)(F)F)nc1. The highest BCUT2D eigenvalue weighted by Crippen LogP contribution is 2.30. The van der Waals surface area contributed by atoms with Crippen molar-refractivity contribution in [3.63, 3.8) is 0 Å². The molecule has 0 aliphatic carbocycles. The van der Waals surface area contributed by atoms with Crippen molar-refractivity contribution in [2.45, 2.75) is 24.9 Å². The van der Waals surface area contributed by atoms with Gasteiger partial charge >= 0.3 is 6.18 Å². The number of halogens is 3. The fourth-order valence-corrected chi connectivity index (χ4v) is 3.75. The van der Waals surface area contributed by atoms with Crippen LogP contribution in [0.25, 0.3) is 10.9 Å². The summed E-state index contributed by atoms with van der Waals surface area (Å²) in [6.45, 7) is 0. The molecule has 0 aliphatic heterocycles. The number of hydrogen-bond acceptors (Lipinski definition) is 6. The van der Waals surface area contributed by atoms with E-state index in [1.807, 2.05) is 37.2 Å². The first-order valence-corrected chi connectivity index (χ1v) is 11.3. The summed E-state index contributed by atoms with van der Waals surface area (Å²) >= 11 is 0. The van der Waals surface area contributed by atoms with Gasteiger partial charge in [0.2, 0.25) is 5.88 Å². The minimum absolute atomic E-state index is 0.0103. The van der Waals surface area contributed by atoms with Gasteiger partial charge in [-0.25, -0.2) is 9.97 Å². The van der Waals surface area contributed by atoms with Crippen LogP contribution in [0.5, 0.6) is 11.6 Å². The molecular formula is C28H23F3N4O2. The molecule has 188 valence electrons. The maximum absolute atomic E-state index is 12.7. The summed E-state index contributed by atoms with van der Waals surface area (Å²) in [5.41, 5.74) is 1.90. The van der Waals surface area contributed by atoms with E-state index >= 15 is 0 Å². The number of terminal acetylenes is 1. The third-order valence-electron chi connectivity index (χ3n) is 5.75. The van der Waals surface area contributed by atoms with E-state index < -0.39 is 17.8 Å². The Balaban J connectivity index is 1.40. The average Bonchev–Trinajstić information content (AvgIpc) is 2.88. The van der Waals surface area contributed by atoms with Crippen LogP contribution in [0, 0.1) is 12.3 Å². The molecule has 0 saturated heterocycles. The number of ether oxygens (including phenoxy) is 1. The third kappa shape index (κ3) is 6.22. The molecule has 0 aliphatic rings. The van der Waals surface area contributed by atoms with E-state index in [0.29, 0.717) is 17.2 Å². The van der Waals surface area contributed by atoms with Gasteiger partial charge in [0, 0.05) is 38.8 Å². The molecule has 6 nitrogen and oxygen atoms in total. The fourth-order valence-electron chi connectivity index (χ4n) is 3.75. The van der Waals surface area contributed by atoms with Crippen molar-refractivity contribution in [1.29, 1.82) is 0 Å². The zero-order chi connectivity index (χ0) is 26.6. The lowest BCUT2D eigenvalue weighted by molar-refractivity contribution is -0.141. The zero-order valence-corrected chi connectivity index (χ0v) is 20.2. The molecule has 2 heterocycles. The minimum Gasteiger partial charge on any atom is -0.438 e. The molecule has 9 heteroatoms. The van der Waals surface area contributed by atoms with E-state index in [1.54, 1.807) is 24.3 Å². The zero-order valence-electron chi connectivity index (χ0n) is 20.2. The molecule has 0 radical (unpaired) electrons. The molecule has 0 bridgehead atoms. The monoisotopic (exact) mass is 504 g/mol. The summed E-state index contributed by atoms with van der Waals surface area (Å²) in [5.74, 6) is 2.63. The maximum Gasteiger partial charge on any atom is 0.433 e. The fraction of sp³-hybridized carbons (Fsp3) is 0.214. The second kappa shape index (κ2) is 10.7. The highest BCUT2D eigenvalue weighted by atomic mass is 19.4. The number of benzene rings is 2.